The molecule has 0 bridgehead atoms. The molecule has 28 heavy (non-hydrogen) atoms. The summed E-state index contributed by atoms with van der Waals surface area (Å²) in [6.07, 6.45) is 5.15. The van der Waals surface area contributed by atoms with E-state index >= 15 is 0 Å². The Labute approximate surface area is 179 Å². The molecule has 1 saturated carbocycles. The Hall–Kier alpha value is -1.34. The van der Waals surface area contributed by atoms with Crippen molar-refractivity contribution in [3.05, 3.63) is 27.7 Å². The summed E-state index contributed by atoms with van der Waals surface area (Å²) in [5.74, 6) is -0.693. The molecule has 1 aliphatic carbocycles. The van der Waals surface area contributed by atoms with Crippen LogP contribution in [-0.2, 0) is 19.1 Å². The van der Waals surface area contributed by atoms with Gasteiger partial charge in [-0.15, -0.1) is 0 Å². The van der Waals surface area contributed by atoms with Gasteiger partial charge in [0.25, 0.3) is 0 Å². The smallest absolute Gasteiger partial charge is 0.328 e. The molecule has 0 spiro atoms. The maximum Gasteiger partial charge on any atom is 0.328 e. The molecular weight excluding hydrogens is 442 g/mol. The lowest BCUT2D eigenvalue weighted by Gasteiger charge is -2.31. The zero-order valence-electron chi connectivity index (χ0n) is 16.9. The summed E-state index contributed by atoms with van der Waals surface area (Å²) >= 11 is 4.57. The fourth-order valence-corrected chi connectivity index (χ4v) is 4.85. The Kier molecular flexibility index (Phi) is 8.56. The fourth-order valence-electron chi connectivity index (χ4n) is 3.65. The van der Waals surface area contributed by atoms with Gasteiger partial charge in [0, 0.05) is 10.4 Å². The first kappa shape index (κ1) is 22.9. The number of carbonyl (C=O) groups is 3. The van der Waals surface area contributed by atoms with Gasteiger partial charge in [-0.25, -0.2) is 4.79 Å². The first-order valence-electron chi connectivity index (χ1n) is 9.60. The van der Waals surface area contributed by atoms with E-state index in [0.29, 0.717) is 5.69 Å². The van der Waals surface area contributed by atoms with Crippen LogP contribution in [0.1, 0.15) is 50.2 Å². The summed E-state index contributed by atoms with van der Waals surface area (Å²) in [5.41, 5.74) is 2.43. The van der Waals surface area contributed by atoms with E-state index < -0.39 is 12.0 Å². The van der Waals surface area contributed by atoms with E-state index in [-0.39, 0.29) is 22.7 Å². The predicted octanol–water partition coefficient (Wildman–Crippen LogP) is 4.80. The SMILES string of the molecule is COC(=O)C(C)N(C(=O)CSC(=O)C1CCCCC1)c1c(C)ccc(Br)c1C. The molecule has 5 nitrogen and oxygen atoms in total. The molecule has 1 amide bonds. The van der Waals surface area contributed by atoms with Crippen molar-refractivity contribution in [2.45, 2.75) is 58.9 Å². The van der Waals surface area contributed by atoms with Crippen molar-refractivity contribution < 1.29 is 19.1 Å². The molecule has 0 heterocycles. The van der Waals surface area contributed by atoms with Gasteiger partial charge in [0.1, 0.15) is 6.04 Å². The van der Waals surface area contributed by atoms with Gasteiger partial charge in [-0.05, 0) is 50.8 Å². The number of ether oxygens (including phenoxy) is 1. The Morgan fingerprint density at radius 3 is 2.46 bits per heavy atom. The number of halogens is 1. The molecule has 154 valence electrons. The van der Waals surface area contributed by atoms with Crippen LogP contribution in [0.5, 0.6) is 0 Å². The third kappa shape index (κ3) is 5.38. The Morgan fingerprint density at radius 2 is 1.86 bits per heavy atom. The molecule has 0 aliphatic heterocycles. The molecule has 0 radical (unpaired) electrons. The average molecular weight is 470 g/mol. The van der Waals surface area contributed by atoms with Gasteiger partial charge in [0.2, 0.25) is 5.91 Å². The second-order valence-corrected chi connectivity index (χ2v) is 9.08. The number of aryl methyl sites for hydroxylation is 1. The molecule has 7 heteroatoms. The molecule has 0 saturated heterocycles. The third-order valence-electron chi connectivity index (χ3n) is 5.28. The van der Waals surface area contributed by atoms with Crippen molar-refractivity contribution in [3.8, 4) is 0 Å². The van der Waals surface area contributed by atoms with E-state index in [1.807, 2.05) is 26.0 Å². The largest absolute Gasteiger partial charge is 0.467 e. The summed E-state index contributed by atoms with van der Waals surface area (Å²) in [7, 11) is 1.31. The summed E-state index contributed by atoms with van der Waals surface area (Å²) in [6, 6.07) is 3.03. The van der Waals surface area contributed by atoms with Crippen molar-refractivity contribution in [3.63, 3.8) is 0 Å². The predicted molar refractivity (Wildman–Crippen MR) is 117 cm³/mol. The van der Waals surface area contributed by atoms with Gasteiger partial charge in [-0.1, -0.05) is 53.0 Å². The van der Waals surface area contributed by atoms with Gasteiger partial charge < -0.3 is 4.74 Å². The standard InChI is InChI=1S/C21H28BrNO4S/c1-13-10-11-17(22)14(2)19(13)23(15(3)20(25)27-4)18(24)12-28-21(26)16-8-6-5-7-9-16/h10-11,15-16H,5-9,12H2,1-4H3. The van der Waals surface area contributed by atoms with Crippen LogP contribution in [0.15, 0.2) is 16.6 Å². The minimum Gasteiger partial charge on any atom is -0.467 e. The number of esters is 1. The third-order valence-corrected chi connectivity index (χ3v) is 7.15. The number of rotatable bonds is 6. The Bertz CT molecular complexity index is 746. The normalized spacial score (nSPS) is 15.8. The number of hydrogen-bond donors (Lipinski definition) is 0. The lowest BCUT2D eigenvalue weighted by molar-refractivity contribution is -0.142. The van der Waals surface area contributed by atoms with Gasteiger partial charge in [-0.3, -0.25) is 14.5 Å². The quantitative estimate of drug-likeness (QED) is 0.559. The van der Waals surface area contributed by atoms with Gasteiger partial charge in [0.15, 0.2) is 5.12 Å². The van der Waals surface area contributed by atoms with Crippen molar-refractivity contribution in [1.29, 1.82) is 0 Å². The van der Waals surface area contributed by atoms with Crippen molar-refractivity contribution in [2.24, 2.45) is 5.92 Å². The lowest BCUT2D eigenvalue weighted by atomic mass is 9.90. The average Bonchev–Trinajstić information content (AvgIpc) is 2.71. The monoisotopic (exact) mass is 469 g/mol. The van der Waals surface area contributed by atoms with Gasteiger partial charge in [0.05, 0.1) is 18.6 Å². The van der Waals surface area contributed by atoms with Crippen LogP contribution in [0.4, 0.5) is 5.69 Å². The van der Waals surface area contributed by atoms with E-state index in [4.69, 9.17) is 4.74 Å². The molecule has 0 N–H and O–H groups in total. The highest BCUT2D eigenvalue weighted by Crippen LogP contribution is 2.33. The number of methoxy groups -OCH3 is 1. The van der Waals surface area contributed by atoms with Crippen LogP contribution < -0.4 is 4.90 Å². The number of amides is 1. The number of nitrogens with zero attached hydrogens (tertiary/aromatic N) is 1. The number of thioether (sulfide) groups is 1. The first-order valence-corrected chi connectivity index (χ1v) is 11.4. The number of carbonyl (C=O) groups excluding carboxylic acids is 3. The van der Waals surface area contributed by atoms with E-state index in [1.54, 1.807) is 6.92 Å². The maximum absolute atomic E-state index is 13.1. The fraction of sp³-hybridized carbons (Fsp3) is 0.571. The zero-order chi connectivity index (χ0) is 20.8. The number of benzene rings is 1. The highest BCUT2D eigenvalue weighted by molar-refractivity contribution is 9.10. The highest BCUT2D eigenvalue weighted by atomic mass is 79.9. The second kappa shape index (κ2) is 10.4. The van der Waals surface area contributed by atoms with Crippen LogP contribution in [-0.4, -0.2) is 35.9 Å². The van der Waals surface area contributed by atoms with Gasteiger partial charge in [-0.2, -0.15) is 0 Å². The van der Waals surface area contributed by atoms with Crippen molar-refractivity contribution in [1.82, 2.24) is 0 Å². The van der Waals surface area contributed by atoms with E-state index in [9.17, 15) is 14.4 Å². The summed E-state index contributed by atoms with van der Waals surface area (Å²) in [6.45, 7) is 5.45. The topological polar surface area (TPSA) is 63.7 Å². The van der Waals surface area contributed by atoms with Gasteiger partial charge >= 0.3 is 5.97 Å². The lowest BCUT2D eigenvalue weighted by Crippen LogP contribution is -2.46. The van der Waals surface area contributed by atoms with Crippen LogP contribution in [0.2, 0.25) is 0 Å². The molecule has 1 aromatic carbocycles. The molecule has 1 atom stereocenters. The summed E-state index contributed by atoms with van der Waals surface area (Å²) < 4.78 is 5.73. The second-order valence-electron chi connectivity index (χ2n) is 7.24. The molecular formula is C21H28BrNO4S. The maximum atomic E-state index is 13.1. The molecule has 1 aliphatic rings. The first-order chi connectivity index (χ1) is 13.3. The Morgan fingerprint density at radius 1 is 1.21 bits per heavy atom. The molecule has 0 aromatic heterocycles. The molecule has 1 unspecified atom stereocenters. The van der Waals surface area contributed by atoms with E-state index in [0.717, 1.165) is 53.0 Å². The van der Waals surface area contributed by atoms with Crippen LogP contribution >= 0.6 is 27.7 Å². The number of anilines is 1. The van der Waals surface area contributed by atoms with Crippen molar-refractivity contribution in [2.75, 3.05) is 17.8 Å². The van der Waals surface area contributed by atoms with Crippen LogP contribution in [0.3, 0.4) is 0 Å². The van der Waals surface area contributed by atoms with Crippen LogP contribution in [0, 0.1) is 19.8 Å². The van der Waals surface area contributed by atoms with Crippen molar-refractivity contribution >= 4 is 50.4 Å². The van der Waals surface area contributed by atoms with E-state index in [1.165, 1.54) is 18.4 Å². The molecule has 1 aromatic rings. The summed E-state index contributed by atoms with van der Waals surface area (Å²) in [4.78, 5) is 39.3. The minimum absolute atomic E-state index is 0.0159. The number of hydrogen-bond acceptors (Lipinski definition) is 5. The highest BCUT2D eigenvalue weighted by Gasteiger charge is 2.32. The summed E-state index contributed by atoms with van der Waals surface area (Å²) in [5, 5.41) is 0.0846. The molecule has 2 rings (SSSR count). The zero-order valence-corrected chi connectivity index (χ0v) is 19.3. The molecule has 1 fully saturated rings. The van der Waals surface area contributed by atoms with E-state index in [2.05, 4.69) is 15.9 Å². The minimum atomic E-state index is -0.783. The Balaban J connectivity index is 2.24. The van der Waals surface area contributed by atoms with Crippen LogP contribution in [0.25, 0.3) is 0 Å².